The first kappa shape index (κ1) is 16.5. The summed E-state index contributed by atoms with van der Waals surface area (Å²) in [7, 11) is 0. The van der Waals surface area contributed by atoms with E-state index in [0.717, 1.165) is 37.1 Å². The quantitative estimate of drug-likeness (QED) is 0.348. The van der Waals surface area contributed by atoms with Gasteiger partial charge in [0.1, 0.15) is 0 Å². The van der Waals surface area contributed by atoms with Gasteiger partial charge in [0.25, 0.3) is 5.69 Å². The van der Waals surface area contributed by atoms with E-state index in [1.807, 2.05) is 4.68 Å². The Labute approximate surface area is 153 Å². The molecule has 1 aliphatic carbocycles. The fourth-order valence-corrected chi connectivity index (χ4v) is 4.38. The second-order valence-corrected chi connectivity index (χ2v) is 7.69. The monoisotopic (exact) mass is 377 g/mol. The largest absolute Gasteiger partial charge is 0.269 e. The number of thioether (sulfide) groups is 1. The fraction of sp³-hybridized carbons (Fsp3) is 0.438. The van der Waals surface area contributed by atoms with Crippen molar-refractivity contribution in [3.63, 3.8) is 0 Å². The van der Waals surface area contributed by atoms with Crippen molar-refractivity contribution in [3.8, 4) is 0 Å². The van der Waals surface area contributed by atoms with E-state index in [4.69, 9.17) is 11.6 Å². The van der Waals surface area contributed by atoms with E-state index in [-0.39, 0.29) is 11.1 Å². The lowest BCUT2D eigenvalue weighted by Crippen LogP contribution is -2.34. The predicted octanol–water partition coefficient (Wildman–Crippen LogP) is 3.97. The minimum atomic E-state index is -0.398. The van der Waals surface area contributed by atoms with Crippen LogP contribution >= 0.6 is 23.4 Å². The van der Waals surface area contributed by atoms with Crippen LogP contribution in [-0.4, -0.2) is 30.8 Å². The molecule has 0 N–H and O–H groups in total. The second kappa shape index (κ2) is 6.76. The standard InChI is InChI=1S/C16H16ClN5O2S/c17-13-3-1-2-11-8-21-15(18-14(11)13)19-16(20-21)25-9-10-4-6-12(7-5-10)22(23)24/h4-7,11,13H,1-3,8-9H2. The summed E-state index contributed by atoms with van der Waals surface area (Å²) in [6.07, 6.45) is 3.21. The van der Waals surface area contributed by atoms with Gasteiger partial charge in [0.15, 0.2) is 0 Å². The van der Waals surface area contributed by atoms with Crippen LogP contribution in [0.25, 0.3) is 0 Å². The average Bonchev–Trinajstić information content (AvgIpc) is 3.01. The number of halogens is 1. The highest BCUT2D eigenvalue weighted by molar-refractivity contribution is 7.98. The third kappa shape index (κ3) is 3.41. The van der Waals surface area contributed by atoms with Crippen LogP contribution in [0.4, 0.5) is 11.6 Å². The molecule has 0 spiro atoms. The van der Waals surface area contributed by atoms with Crippen LogP contribution in [0, 0.1) is 16.0 Å². The second-order valence-electron chi connectivity index (χ2n) is 6.22. The van der Waals surface area contributed by atoms with Gasteiger partial charge in [-0.2, -0.15) is 4.98 Å². The highest BCUT2D eigenvalue weighted by Crippen LogP contribution is 2.34. The summed E-state index contributed by atoms with van der Waals surface area (Å²) in [5.41, 5.74) is 2.14. The Hall–Kier alpha value is -1.93. The number of rotatable bonds is 4. The summed E-state index contributed by atoms with van der Waals surface area (Å²) in [5.74, 6) is 1.66. The van der Waals surface area contributed by atoms with E-state index in [0.29, 0.717) is 22.8 Å². The van der Waals surface area contributed by atoms with E-state index in [1.54, 1.807) is 12.1 Å². The van der Waals surface area contributed by atoms with Crippen LogP contribution in [0.3, 0.4) is 0 Å². The number of nitrogens with zero attached hydrogens (tertiary/aromatic N) is 5. The highest BCUT2D eigenvalue weighted by Gasteiger charge is 2.32. The molecule has 0 bridgehead atoms. The average molecular weight is 378 g/mol. The number of alkyl halides is 1. The molecule has 1 aromatic heterocycles. The molecule has 2 aromatic rings. The summed E-state index contributed by atoms with van der Waals surface area (Å²) in [5, 5.41) is 15.9. The first-order valence-electron chi connectivity index (χ1n) is 8.13. The SMILES string of the molecule is O=[N+]([O-])c1ccc(CSc2nc3n(n2)CC2CCCC(Cl)C2=N3)cc1. The Bertz CT molecular complexity index is 836. The van der Waals surface area contributed by atoms with Crippen molar-refractivity contribution in [1.82, 2.24) is 14.8 Å². The molecule has 0 amide bonds. The van der Waals surface area contributed by atoms with Gasteiger partial charge in [-0.05, 0) is 18.4 Å². The van der Waals surface area contributed by atoms with Crippen LogP contribution in [0.15, 0.2) is 34.4 Å². The van der Waals surface area contributed by atoms with Gasteiger partial charge in [-0.3, -0.25) is 10.1 Å². The molecule has 25 heavy (non-hydrogen) atoms. The predicted molar refractivity (Wildman–Crippen MR) is 96.8 cm³/mol. The van der Waals surface area contributed by atoms with Gasteiger partial charge in [-0.25, -0.2) is 9.67 Å². The van der Waals surface area contributed by atoms with E-state index in [2.05, 4.69) is 15.1 Å². The van der Waals surface area contributed by atoms with Crippen LogP contribution in [0.1, 0.15) is 24.8 Å². The summed E-state index contributed by atoms with van der Waals surface area (Å²) in [6, 6.07) is 6.54. The molecule has 1 aliphatic heterocycles. The smallest absolute Gasteiger partial charge is 0.258 e. The topological polar surface area (TPSA) is 86.2 Å². The lowest BCUT2D eigenvalue weighted by atomic mass is 9.86. The Morgan fingerprint density at radius 2 is 2.12 bits per heavy atom. The summed E-state index contributed by atoms with van der Waals surface area (Å²) in [6.45, 7) is 0.794. The number of nitro groups is 1. The van der Waals surface area contributed by atoms with Crippen molar-refractivity contribution < 1.29 is 4.92 Å². The third-order valence-electron chi connectivity index (χ3n) is 4.52. The van der Waals surface area contributed by atoms with Gasteiger partial charge in [0.05, 0.1) is 16.8 Å². The molecule has 0 radical (unpaired) electrons. The molecule has 4 rings (SSSR count). The summed E-state index contributed by atoms with van der Waals surface area (Å²) < 4.78 is 1.86. The first-order valence-corrected chi connectivity index (χ1v) is 9.56. The normalized spacial score (nSPS) is 22.0. The van der Waals surface area contributed by atoms with Gasteiger partial charge in [-0.1, -0.05) is 30.3 Å². The Kier molecular flexibility index (Phi) is 4.47. The van der Waals surface area contributed by atoms with E-state index in [9.17, 15) is 10.1 Å². The highest BCUT2D eigenvalue weighted by atomic mass is 35.5. The molecule has 1 saturated carbocycles. The summed E-state index contributed by atoms with van der Waals surface area (Å²) in [4.78, 5) is 19.4. The molecule has 7 nitrogen and oxygen atoms in total. The molecule has 2 aliphatic rings. The number of benzene rings is 1. The number of aliphatic imine (C=N–C) groups is 1. The fourth-order valence-electron chi connectivity index (χ4n) is 3.21. The zero-order chi connectivity index (χ0) is 17.4. The number of nitro benzene ring substituents is 1. The van der Waals surface area contributed by atoms with Crippen molar-refractivity contribution in [2.45, 2.75) is 42.1 Å². The van der Waals surface area contributed by atoms with Crippen LogP contribution < -0.4 is 0 Å². The van der Waals surface area contributed by atoms with Gasteiger partial charge in [-0.15, -0.1) is 16.7 Å². The van der Waals surface area contributed by atoms with E-state index < -0.39 is 4.92 Å². The Morgan fingerprint density at radius 1 is 1.32 bits per heavy atom. The molecule has 130 valence electrons. The Balaban J connectivity index is 1.46. The van der Waals surface area contributed by atoms with Gasteiger partial charge in [0, 0.05) is 29.5 Å². The zero-order valence-electron chi connectivity index (χ0n) is 13.3. The number of fused-ring (bicyclic) bond motifs is 2. The van der Waals surface area contributed by atoms with Crippen LogP contribution in [0.5, 0.6) is 0 Å². The molecule has 1 aromatic carbocycles. The number of hydrogen-bond acceptors (Lipinski definition) is 6. The van der Waals surface area contributed by atoms with Gasteiger partial charge < -0.3 is 0 Å². The minimum absolute atomic E-state index is 0.0143. The van der Waals surface area contributed by atoms with E-state index >= 15 is 0 Å². The maximum absolute atomic E-state index is 10.7. The number of non-ortho nitro benzene ring substituents is 1. The summed E-state index contributed by atoms with van der Waals surface area (Å²) >= 11 is 7.90. The molecule has 1 fully saturated rings. The van der Waals surface area contributed by atoms with Crippen molar-refractivity contribution in [2.24, 2.45) is 10.9 Å². The molecule has 2 heterocycles. The number of hydrogen-bond donors (Lipinski definition) is 0. The van der Waals surface area contributed by atoms with Crippen molar-refractivity contribution in [1.29, 1.82) is 0 Å². The molecule has 2 unspecified atom stereocenters. The zero-order valence-corrected chi connectivity index (χ0v) is 14.9. The number of aromatic nitrogens is 3. The molecular weight excluding hydrogens is 362 g/mol. The molecular formula is C16H16ClN5O2S. The van der Waals surface area contributed by atoms with Gasteiger partial charge >= 0.3 is 0 Å². The maximum atomic E-state index is 10.7. The van der Waals surface area contributed by atoms with Crippen LogP contribution in [0.2, 0.25) is 0 Å². The van der Waals surface area contributed by atoms with Crippen molar-refractivity contribution >= 4 is 40.7 Å². The minimum Gasteiger partial charge on any atom is -0.258 e. The van der Waals surface area contributed by atoms with Crippen molar-refractivity contribution in [3.05, 3.63) is 39.9 Å². The van der Waals surface area contributed by atoms with E-state index in [1.165, 1.54) is 23.9 Å². The lowest BCUT2D eigenvalue weighted by Gasteiger charge is -2.30. The van der Waals surface area contributed by atoms with Gasteiger partial charge in [0.2, 0.25) is 11.1 Å². The van der Waals surface area contributed by atoms with Crippen LogP contribution in [-0.2, 0) is 12.3 Å². The molecule has 9 heteroatoms. The molecule has 0 saturated heterocycles. The lowest BCUT2D eigenvalue weighted by molar-refractivity contribution is -0.384. The Morgan fingerprint density at radius 3 is 2.88 bits per heavy atom. The third-order valence-corrected chi connectivity index (χ3v) is 5.87. The first-order chi connectivity index (χ1) is 12.1. The molecule has 2 atom stereocenters. The maximum Gasteiger partial charge on any atom is 0.269 e. The van der Waals surface area contributed by atoms with Crippen molar-refractivity contribution in [2.75, 3.05) is 0 Å².